The van der Waals surface area contributed by atoms with Gasteiger partial charge in [0, 0.05) is 38.4 Å². The first kappa shape index (κ1) is 25.8. The lowest BCUT2D eigenvalue weighted by Gasteiger charge is -2.38. The van der Waals surface area contributed by atoms with E-state index >= 15 is 0 Å². The van der Waals surface area contributed by atoms with E-state index in [1.807, 2.05) is 12.1 Å². The fourth-order valence-corrected chi connectivity index (χ4v) is 4.01. The van der Waals surface area contributed by atoms with Crippen LogP contribution in [0.4, 0.5) is 0 Å². The lowest BCUT2D eigenvalue weighted by molar-refractivity contribution is -0.165. The first-order valence-electron chi connectivity index (χ1n) is 10.0. The first-order chi connectivity index (χ1) is 14.7. The molecule has 2 fully saturated rings. The van der Waals surface area contributed by atoms with E-state index in [0.717, 1.165) is 51.3 Å². The molecule has 0 aliphatic carbocycles. The minimum atomic E-state index is -2.27. The van der Waals surface area contributed by atoms with Crippen molar-refractivity contribution in [3.05, 3.63) is 33.8 Å². The maximum Gasteiger partial charge on any atom is 0.335 e. The Morgan fingerprint density at radius 3 is 2.19 bits per heavy atom. The van der Waals surface area contributed by atoms with Gasteiger partial charge in [0.1, 0.15) is 0 Å². The van der Waals surface area contributed by atoms with Crippen molar-refractivity contribution in [2.45, 2.75) is 50.1 Å². The highest BCUT2D eigenvalue weighted by atomic mass is 35.5. The molecule has 0 radical (unpaired) electrons. The third-order valence-electron chi connectivity index (χ3n) is 5.35. The van der Waals surface area contributed by atoms with Gasteiger partial charge in [-0.05, 0) is 37.4 Å². The molecule has 0 aromatic heterocycles. The molecule has 31 heavy (non-hydrogen) atoms. The number of carboxylic acids is 2. The third kappa shape index (κ3) is 7.57. The van der Waals surface area contributed by atoms with Crippen molar-refractivity contribution in [2.75, 3.05) is 26.3 Å². The molecule has 3 atom stereocenters. The molecule has 0 spiro atoms. The van der Waals surface area contributed by atoms with Crippen LogP contribution in [0.25, 0.3) is 0 Å². The predicted molar refractivity (Wildman–Crippen MR) is 114 cm³/mol. The van der Waals surface area contributed by atoms with Crippen LogP contribution in [0.2, 0.25) is 10.0 Å². The van der Waals surface area contributed by atoms with Crippen LogP contribution in [-0.2, 0) is 20.9 Å². The molecule has 11 heteroatoms. The quantitative estimate of drug-likeness (QED) is 0.391. The molecule has 1 aromatic carbocycles. The molecule has 9 nitrogen and oxygen atoms in total. The maximum atomic E-state index is 9.77. The SMILES string of the molecule is Clc1cccc(CN(C2CCOCC2)[C@H]2CCNC2)c1Cl.O=C(O)[C@H](O)[C@@H](O)C(=O)O. The number of hydrogen-bond acceptors (Lipinski definition) is 7. The summed E-state index contributed by atoms with van der Waals surface area (Å²) in [6, 6.07) is 7.09. The van der Waals surface area contributed by atoms with Crippen LogP contribution >= 0.6 is 23.2 Å². The molecule has 0 bridgehead atoms. The van der Waals surface area contributed by atoms with E-state index in [1.165, 1.54) is 6.42 Å². The van der Waals surface area contributed by atoms with Crippen LogP contribution in [0.3, 0.4) is 0 Å². The van der Waals surface area contributed by atoms with Gasteiger partial charge in [0.2, 0.25) is 0 Å². The summed E-state index contributed by atoms with van der Waals surface area (Å²) in [6.45, 7) is 4.77. The molecular weight excluding hydrogens is 451 g/mol. The monoisotopic (exact) mass is 478 g/mol. The number of aliphatic hydroxyl groups is 2. The summed E-state index contributed by atoms with van der Waals surface area (Å²) in [5.41, 5.74) is 1.13. The van der Waals surface area contributed by atoms with E-state index in [9.17, 15) is 9.59 Å². The second-order valence-electron chi connectivity index (χ2n) is 7.44. The van der Waals surface area contributed by atoms with Gasteiger partial charge in [-0.3, -0.25) is 4.90 Å². The van der Waals surface area contributed by atoms with Crippen LogP contribution in [0.1, 0.15) is 24.8 Å². The maximum absolute atomic E-state index is 9.77. The summed E-state index contributed by atoms with van der Waals surface area (Å²) in [4.78, 5) is 22.2. The van der Waals surface area contributed by atoms with Crippen molar-refractivity contribution in [1.82, 2.24) is 10.2 Å². The van der Waals surface area contributed by atoms with Crippen LogP contribution in [-0.4, -0.2) is 87.9 Å². The summed E-state index contributed by atoms with van der Waals surface area (Å²) < 4.78 is 5.52. The molecule has 2 saturated heterocycles. The Morgan fingerprint density at radius 1 is 1.06 bits per heavy atom. The summed E-state index contributed by atoms with van der Waals surface area (Å²) in [5.74, 6) is -3.54. The first-order valence-corrected chi connectivity index (χ1v) is 10.8. The Balaban J connectivity index is 0.000000291. The zero-order chi connectivity index (χ0) is 23.0. The van der Waals surface area contributed by atoms with Crippen LogP contribution in [0.15, 0.2) is 18.2 Å². The Hall–Kier alpha value is -1.46. The molecule has 174 valence electrons. The Bertz CT molecular complexity index is 722. The third-order valence-corrected chi connectivity index (χ3v) is 6.21. The van der Waals surface area contributed by atoms with Gasteiger partial charge in [-0.2, -0.15) is 0 Å². The van der Waals surface area contributed by atoms with E-state index in [4.69, 9.17) is 48.4 Å². The van der Waals surface area contributed by atoms with Gasteiger partial charge in [-0.25, -0.2) is 9.59 Å². The standard InChI is InChI=1S/C16H22Cl2N2O.C4H6O6/c17-15-3-1-2-12(16(15)18)11-20(14-4-7-19-10-14)13-5-8-21-9-6-13;5-1(3(7)8)2(6)4(9)10/h1-3,13-14,19H,4-11H2;1-2,5-6H,(H,7,8)(H,9,10)/t14-;1-,2-/m01/s1. The van der Waals surface area contributed by atoms with E-state index in [2.05, 4.69) is 16.3 Å². The van der Waals surface area contributed by atoms with Gasteiger partial charge >= 0.3 is 11.9 Å². The number of aliphatic carboxylic acids is 2. The topological polar surface area (TPSA) is 140 Å². The number of rotatable bonds is 7. The summed E-state index contributed by atoms with van der Waals surface area (Å²) in [6.07, 6.45) is -1.12. The number of hydrogen-bond donors (Lipinski definition) is 5. The fraction of sp³-hybridized carbons (Fsp3) is 0.600. The second kappa shape index (κ2) is 12.5. The highest BCUT2D eigenvalue weighted by Gasteiger charge is 2.31. The van der Waals surface area contributed by atoms with Crippen LogP contribution in [0.5, 0.6) is 0 Å². The lowest BCUT2D eigenvalue weighted by atomic mass is 10.0. The van der Waals surface area contributed by atoms with Crippen molar-refractivity contribution in [3.63, 3.8) is 0 Å². The fourth-order valence-electron chi connectivity index (χ4n) is 3.63. The van der Waals surface area contributed by atoms with Crippen molar-refractivity contribution in [2.24, 2.45) is 0 Å². The molecule has 2 aliphatic rings. The Morgan fingerprint density at radius 2 is 1.68 bits per heavy atom. The number of nitrogens with zero attached hydrogens (tertiary/aromatic N) is 1. The number of halogens is 2. The molecule has 0 unspecified atom stereocenters. The number of carboxylic acid groups (broad SMARTS) is 2. The molecule has 1 aromatic rings. The number of aliphatic hydroxyl groups excluding tert-OH is 2. The van der Waals surface area contributed by atoms with Gasteiger partial charge < -0.3 is 30.5 Å². The van der Waals surface area contributed by atoms with Gasteiger partial charge in [0.25, 0.3) is 0 Å². The highest BCUT2D eigenvalue weighted by Crippen LogP contribution is 2.29. The predicted octanol–water partition coefficient (Wildman–Crippen LogP) is 1.21. The summed E-state index contributed by atoms with van der Waals surface area (Å²) >= 11 is 12.5. The van der Waals surface area contributed by atoms with Crippen molar-refractivity contribution < 1.29 is 34.8 Å². The van der Waals surface area contributed by atoms with E-state index < -0.39 is 24.1 Å². The zero-order valence-corrected chi connectivity index (χ0v) is 18.4. The molecular formula is C20H28Cl2N2O7. The average Bonchev–Trinajstić information content (AvgIpc) is 3.29. The highest BCUT2D eigenvalue weighted by molar-refractivity contribution is 6.42. The Kier molecular flexibility index (Phi) is 10.4. The average molecular weight is 479 g/mol. The minimum absolute atomic E-state index is 0.582. The van der Waals surface area contributed by atoms with Crippen molar-refractivity contribution in [3.8, 4) is 0 Å². The van der Waals surface area contributed by atoms with E-state index in [-0.39, 0.29) is 0 Å². The largest absolute Gasteiger partial charge is 0.479 e. The number of carbonyl (C=O) groups is 2. The molecule has 0 saturated carbocycles. The Labute approximate surface area is 190 Å². The van der Waals surface area contributed by atoms with Gasteiger partial charge in [0.15, 0.2) is 12.2 Å². The molecule has 3 rings (SSSR count). The van der Waals surface area contributed by atoms with Crippen LogP contribution in [0, 0.1) is 0 Å². The lowest BCUT2D eigenvalue weighted by Crippen LogP contribution is -2.46. The molecule has 0 amide bonds. The number of benzene rings is 1. The molecule has 2 heterocycles. The zero-order valence-electron chi connectivity index (χ0n) is 16.9. The minimum Gasteiger partial charge on any atom is -0.479 e. The number of ether oxygens (including phenoxy) is 1. The number of nitrogens with one attached hydrogen (secondary N) is 1. The summed E-state index contributed by atoms with van der Waals surface area (Å²) in [5, 5.41) is 37.3. The van der Waals surface area contributed by atoms with Crippen LogP contribution < -0.4 is 5.32 Å². The normalized spacial score (nSPS) is 21.3. The van der Waals surface area contributed by atoms with E-state index in [1.54, 1.807) is 0 Å². The van der Waals surface area contributed by atoms with Gasteiger partial charge in [-0.1, -0.05) is 35.3 Å². The molecule has 5 N–H and O–H groups in total. The smallest absolute Gasteiger partial charge is 0.335 e. The second-order valence-corrected chi connectivity index (χ2v) is 8.23. The van der Waals surface area contributed by atoms with Crippen molar-refractivity contribution >= 4 is 35.1 Å². The summed E-state index contributed by atoms with van der Waals surface area (Å²) in [7, 11) is 0. The van der Waals surface area contributed by atoms with Gasteiger partial charge in [-0.15, -0.1) is 0 Å². The van der Waals surface area contributed by atoms with Crippen molar-refractivity contribution in [1.29, 1.82) is 0 Å². The molecule has 2 aliphatic heterocycles. The van der Waals surface area contributed by atoms with E-state index in [0.29, 0.717) is 22.1 Å². The van der Waals surface area contributed by atoms with Gasteiger partial charge in [0.05, 0.1) is 10.0 Å².